The topological polar surface area (TPSA) is 88.8 Å². The Kier molecular flexibility index (Phi) is 4.38. The molecule has 0 atom stereocenters. The van der Waals surface area contributed by atoms with Crippen LogP contribution in [0, 0.1) is 0 Å². The molecular weight excluding hydrogens is 338 g/mol. The van der Waals surface area contributed by atoms with E-state index in [4.69, 9.17) is 0 Å². The van der Waals surface area contributed by atoms with Crippen LogP contribution in [0.5, 0.6) is 0 Å². The molecule has 8 nitrogen and oxygen atoms in total. The SMILES string of the molecule is O=C(Nc1nncs1)c1ccc(N2CCC(n3cccn3)CC2)nc1. The van der Waals surface area contributed by atoms with Crippen LogP contribution in [0.4, 0.5) is 10.9 Å². The van der Waals surface area contributed by atoms with Crippen LogP contribution in [0.25, 0.3) is 0 Å². The minimum atomic E-state index is -0.229. The smallest absolute Gasteiger partial charge is 0.259 e. The first-order valence-corrected chi connectivity index (χ1v) is 8.95. The van der Waals surface area contributed by atoms with Crippen LogP contribution in [0.2, 0.25) is 0 Å². The summed E-state index contributed by atoms with van der Waals surface area (Å²) in [5.41, 5.74) is 2.08. The number of aromatic nitrogens is 5. The van der Waals surface area contributed by atoms with Gasteiger partial charge in [-0.3, -0.25) is 14.8 Å². The van der Waals surface area contributed by atoms with E-state index in [9.17, 15) is 4.79 Å². The van der Waals surface area contributed by atoms with Gasteiger partial charge in [-0.05, 0) is 31.0 Å². The van der Waals surface area contributed by atoms with Gasteiger partial charge in [0.1, 0.15) is 11.3 Å². The molecule has 3 aromatic heterocycles. The first kappa shape index (κ1) is 15.7. The molecule has 0 aliphatic carbocycles. The summed E-state index contributed by atoms with van der Waals surface area (Å²) in [7, 11) is 0. The largest absolute Gasteiger partial charge is 0.356 e. The van der Waals surface area contributed by atoms with Crippen LogP contribution in [0.3, 0.4) is 0 Å². The first-order valence-electron chi connectivity index (χ1n) is 8.07. The Labute approximate surface area is 148 Å². The number of nitrogens with one attached hydrogen (secondary N) is 1. The third kappa shape index (κ3) is 3.50. The summed E-state index contributed by atoms with van der Waals surface area (Å²) in [4.78, 5) is 18.8. The number of hydrogen-bond acceptors (Lipinski definition) is 7. The van der Waals surface area contributed by atoms with Crippen LogP contribution >= 0.6 is 11.3 Å². The Morgan fingerprint density at radius 3 is 2.80 bits per heavy atom. The molecule has 4 heterocycles. The van der Waals surface area contributed by atoms with Crippen molar-refractivity contribution < 1.29 is 4.79 Å². The zero-order chi connectivity index (χ0) is 17.1. The van der Waals surface area contributed by atoms with Crippen molar-refractivity contribution in [3.63, 3.8) is 0 Å². The normalized spacial score (nSPS) is 15.3. The molecule has 0 radical (unpaired) electrons. The molecule has 1 saturated heterocycles. The molecule has 1 N–H and O–H groups in total. The zero-order valence-electron chi connectivity index (χ0n) is 13.4. The molecule has 9 heteroatoms. The highest BCUT2D eigenvalue weighted by Gasteiger charge is 2.21. The molecule has 0 aromatic carbocycles. The van der Waals surface area contributed by atoms with Crippen LogP contribution < -0.4 is 10.2 Å². The lowest BCUT2D eigenvalue weighted by Crippen LogP contribution is -2.35. The van der Waals surface area contributed by atoms with E-state index in [0.717, 1.165) is 31.7 Å². The van der Waals surface area contributed by atoms with Crippen molar-refractivity contribution in [3.8, 4) is 0 Å². The van der Waals surface area contributed by atoms with E-state index in [2.05, 4.69) is 30.5 Å². The fourth-order valence-corrected chi connectivity index (χ4v) is 3.40. The second kappa shape index (κ2) is 6.98. The van der Waals surface area contributed by atoms with Gasteiger partial charge in [0, 0.05) is 31.7 Å². The molecule has 1 aliphatic heterocycles. The Hall–Kier alpha value is -2.81. The Balaban J connectivity index is 1.37. The fourth-order valence-electron chi connectivity index (χ4n) is 2.96. The number of pyridine rings is 1. The third-order valence-electron chi connectivity index (χ3n) is 4.28. The van der Waals surface area contributed by atoms with E-state index in [1.807, 2.05) is 29.2 Å². The lowest BCUT2D eigenvalue weighted by atomic mass is 10.1. The molecular formula is C16H17N7OS. The molecule has 25 heavy (non-hydrogen) atoms. The van der Waals surface area contributed by atoms with Gasteiger partial charge in [-0.15, -0.1) is 10.2 Å². The van der Waals surface area contributed by atoms with Gasteiger partial charge < -0.3 is 4.90 Å². The number of hydrogen-bond donors (Lipinski definition) is 1. The van der Waals surface area contributed by atoms with E-state index < -0.39 is 0 Å². The molecule has 0 saturated carbocycles. The van der Waals surface area contributed by atoms with Crippen molar-refractivity contribution in [2.24, 2.45) is 0 Å². The van der Waals surface area contributed by atoms with Gasteiger partial charge in [0.2, 0.25) is 5.13 Å². The van der Waals surface area contributed by atoms with Crippen molar-refractivity contribution in [2.45, 2.75) is 18.9 Å². The summed E-state index contributed by atoms with van der Waals surface area (Å²) in [5.74, 6) is 0.666. The summed E-state index contributed by atoms with van der Waals surface area (Å²) in [6.45, 7) is 1.85. The quantitative estimate of drug-likeness (QED) is 0.772. The summed E-state index contributed by atoms with van der Waals surface area (Å²) in [5, 5.41) is 15.0. The Morgan fingerprint density at radius 2 is 2.16 bits per heavy atom. The highest BCUT2D eigenvalue weighted by Crippen LogP contribution is 2.25. The van der Waals surface area contributed by atoms with Crippen molar-refractivity contribution in [2.75, 3.05) is 23.3 Å². The Morgan fingerprint density at radius 1 is 1.28 bits per heavy atom. The maximum atomic E-state index is 12.1. The van der Waals surface area contributed by atoms with Gasteiger partial charge in [-0.25, -0.2) is 4.98 Å². The number of anilines is 2. The van der Waals surface area contributed by atoms with E-state index in [0.29, 0.717) is 16.7 Å². The number of piperidine rings is 1. The van der Waals surface area contributed by atoms with Crippen molar-refractivity contribution >= 4 is 28.2 Å². The number of nitrogens with zero attached hydrogens (tertiary/aromatic N) is 6. The second-order valence-corrected chi connectivity index (χ2v) is 6.64. The van der Waals surface area contributed by atoms with Crippen LogP contribution in [-0.2, 0) is 0 Å². The standard InChI is InChI=1S/C16H17N7OS/c24-15(20-16-21-18-11-25-16)12-2-3-14(17-10-12)22-8-4-13(5-9-22)23-7-1-6-19-23/h1-3,6-7,10-11,13H,4-5,8-9H2,(H,20,21,24). The van der Waals surface area contributed by atoms with Crippen molar-refractivity contribution in [1.29, 1.82) is 0 Å². The van der Waals surface area contributed by atoms with Crippen LogP contribution in [0.15, 0.2) is 42.3 Å². The summed E-state index contributed by atoms with van der Waals surface area (Å²) in [6, 6.07) is 6.09. The maximum Gasteiger partial charge on any atom is 0.259 e. The van der Waals surface area contributed by atoms with E-state index in [1.54, 1.807) is 17.8 Å². The first-order chi connectivity index (χ1) is 12.3. The van der Waals surface area contributed by atoms with Gasteiger partial charge in [0.05, 0.1) is 11.6 Å². The van der Waals surface area contributed by atoms with Gasteiger partial charge in [-0.1, -0.05) is 11.3 Å². The molecule has 0 spiro atoms. The van der Waals surface area contributed by atoms with Gasteiger partial charge >= 0.3 is 0 Å². The lowest BCUT2D eigenvalue weighted by molar-refractivity contribution is 0.102. The van der Waals surface area contributed by atoms with Crippen molar-refractivity contribution in [1.82, 2.24) is 25.0 Å². The number of rotatable bonds is 4. The third-order valence-corrected chi connectivity index (χ3v) is 4.88. The minimum absolute atomic E-state index is 0.229. The van der Waals surface area contributed by atoms with Gasteiger partial charge in [0.25, 0.3) is 5.91 Å². The highest BCUT2D eigenvalue weighted by molar-refractivity contribution is 7.13. The number of amides is 1. The highest BCUT2D eigenvalue weighted by atomic mass is 32.1. The zero-order valence-corrected chi connectivity index (χ0v) is 14.3. The monoisotopic (exact) mass is 355 g/mol. The molecule has 1 amide bonds. The fraction of sp³-hybridized carbons (Fsp3) is 0.312. The molecule has 1 aliphatic rings. The number of carbonyl (C=O) groups excluding carboxylic acids is 1. The number of carbonyl (C=O) groups is 1. The molecule has 4 rings (SSSR count). The molecule has 1 fully saturated rings. The molecule has 0 bridgehead atoms. The average molecular weight is 355 g/mol. The summed E-state index contributed by atoms with van der Waals surface area (Å²) in [6.07, 6.45) is 7.50. The Bertz CT molecular complexity index is 809. The van der Waals surface area contributed by atoms with Crippen LogP contribution in [-0.4, -0.2) is 44.0 Å². The minimum Gasteiger partial charge on any atom is -0.356 e. The van der Waals surface area contributed by atoms with Crippen molar-refractivity contribution in [3.05, 3.63) is 47.9 Å². The van der Waals surface area contributed by atoms with Gasteiger partial charge in [-0.2, -0.15) is 5.10 Å². The molecule has 0 unspecified atom stereocenters. The predicted octanol–water partition coefficient (Wildman–Crippen LogP) is 2.22. The van der Waals surface area contributed by atoms with Crippen LogP contribution in [0.1, 0.15) is 29.2 Å². The lowest BCUT2D eigenvalue weighted by Gasteiger charge is -2.32. The molecule has 128 valence electrons. The van der Waals surface area contributed by atoms with E-state index in [1.165, 1.54) is 11.3 Å². The maximum absolute atomic E-state index is 12.1. The summed E-state index contributed by atoms with van der Waals surface area (Å²) < 4.78 is 2.03. The summed E-state index contributed by atoms with van der Waals surface area (Å²) >= 11 is 1.28. The van der Waals surface area contributed by atoms with E-state index >= 15 is 0 Å². The molecule has 3 aromatic rings. The van der Waals surface area contributed by atoms with E-state index in [-0.39, 0.29) is 5.91 Å². The predicted molar refractivity (Wildman–Crippen MR) is 94.8 cm³/mol. The second-order valence-electron chi connectivity index (χ2n) is 5.81. The van der Waals surface area contributed by atoms with Gasteiger partial charge in [0.15, 0.2) is 0 Å². The average Bonchev–Trinajstić information content (AvgIpc) is 3.36.